The van der Waals surface area contributed by atoms with Crippen molar-refractivity contribution in [1.29, 1.82) is 0 Å². The highest BCUT2D eigenvalue weighted by atomic mass is 16.5. The molecule has 0 aromatic rings. The van der Waals surface area contributed by atoms with Gasteiger partial charge in [-0.25, -0.2) is 0 Å². The Morgan fingerprint density at radius 2 is 1.96 bits per heavy atom. The third-order valence-electron chi connectivity index (χ3n) is 9.04. The van der Waals surface area contributed by atoms with Crippen LogP contribution in [0, 0.1) is 34.5 Å². The summed E-state index contributed by atoms with van der Waals surface area (Å²) >= 11 is 0. The minimum absolute atomic E-state index is 0.0579. The van der Waals surface area contributed by atoms with E-state index in [1.54, 1.807) is 0 Å². The van der Waals surface area contributed by atoms with E-state index >= 15 is 0 Å². The van der Waals surface area contributed by atoms with Crippen molar-refractivity contribution in [2.75, 3.05) is 6.61 Å². The fourth-order valence-electron chi connectivity index (χ4n) is 7.00. The van der Waals surface area contributed by atoms with Gasteiger partial charge in [-0.3, -0.25) is 9.59 Å². The maximum Gasteiger partial charge on any atom is 0.303 e. The number of rotatable bonds is 1. The second-order valence-corrected chi connectivity index (χ2v) is 10.6. The molecular formula is C22H34O6. The van der Waals surface area contributed by atoms with Gasteiger partial charge in [0.05, 0.1) is 29.8 Å². The van der Waals surface area contributed by atoms with Gasteiger partial charge < -0.3 is 19.7 Å². The topological polar surface area (TPSA) is 93.1 Å². The molecule has 4 aliphatic rings. The van der Waals surface area contributed by atoms with Crippen molar-refractivity contribution in [2.45, 2.75) is 84.2 Å². The Morgan fingerprint density at radius 1 is 1.29 bits per heavy atom. The molecule has 0 aromatic heterocycles. The Labute approximate surface area is 167 Å². The van der Waals surface area contributed by atoms with Crippen molar-refractivity contribution in [2.24, 2.45) is 34.5 Å². The van der Waals surface area contributed by atoms with Gasteiger partial charge >= 0.3 is 5.97 Å². The van der Waals surface area contributed by atoms with Crippen LogP contribution in [0.3, 0.4) is 0 Å². The number of Topliss-reactive ketones (excluding diaryl/α,β-unsaturated/α-hetero) is 1. The van der Waals surface area contributed by atoms with Crippen molar-refractivity contribution in [3.63, 3.8) is 0 Å². The van der Waals surface area contributed by atoms with E-state index in [0.717, 1.165) is 6.42 Å². The summed E-state index contributed by atoms with van der Waals surface area (Å²) < 4.78 is 11.3. The van der Waals surface area contributed by atoms with Crippen LogP contribution < -0.4 is 0 Å². The molecule has 3 aliphatic carbocycles. The van der Waals surface area contributed by atoms with Gasteiger partial charge in [0.2, 0.25) is 0 Å². The molecule has 0 amide bonds. The van der Waals surface area contributed by atoms with Crippen molar-refractivity contribution >= 4 is 11.8 Å². The summed E-state index contributed by atoms with van der Waals surface area (Å²) in [4.78, 5) is 25.9. The van der Waals surface area contributed by atoms with E-state index in [2.05, 4.69) is 6.92 Å². The van der Waals surface area contributed by atoms with E-state index in [9.17, 15) is 19.8 Å². The first-order chi connectivity index (χ1) is 12.9. The maximum atomic E-state index is 14.0. The van der Waals surface area contributed by atoms with Crippen LogP contribution >= 0.6 is 0 Å². The quantitative estimate of drug-likeness (QED) is 0.662. The van der Waals surface area contributed by atoms with Gasteiger partial charge in [-0.15, -0.1) is 0 Å². The third-order valence-corrected chi connectivity index (χ3v) is 9.04. The first kappa shape index (κ1) is 20.3. The van der Waals surface area contributed by atoms with Gasteiger partial charge in [0.25, 0.3) is 0 Å². The molecule has 6 nitrogen and oxygen atoms in total. The molecule has 0 aromatic carbocycles. The SMILES string of the molecule is CC(=O)O[C@H]1C(=O)[C@@]2(C)[C@H](CC3(O)CCC(C)C1C3(C)C)[C@@H]1CO[C@@H]1C[C@@H]2O. The maximum absolute atomic E-state index is 14.0. The molecular weight excluding hydrogens is 360 g/mol. The Balaban J connectivity index is 1.88. The number of aliphatic hydroxyl groups excluding tert-OH is 1. The molecule has 1 aliphatic heterocycles. The number of carbonyl (C=O) groups is 2. The minimum Gasteiger partial charge on any atom is -0.454 e. The zero-order valence-corrected chi connectivity index (χ0v) is 17.6. The van der Waals surface area contributed by atoms with Crippen LogP contribution in [-0.4, -0.2) is 52.5 Å². The Hall–Kier alpha value is -0.980. The second-order valence-electron chi connectivity index (χ2n) is 10.6. The van der Waals surface area contributed by atoms with Crippen LogP contribution in [0.1, 0.15) is 60.3 Å². The van der Waals surface area contributed by atoms with E-state index < -0.39 is 34.6 Å². The number of aliphatic hydroxyl groups is 2. The minimum atomic E-state index is -1.05. The molecule has 3 unspecified atom stereocenters. The standard InChI is InChI=1S/C22H34O6/c1-11-6-7-22(26)9-14-13-10-27-15(13)8-16(24)21(14,5)19(25)18(28-12(2)23)17(11)20(22,3)4/h11,13-18,24,26H,6-10H2,1-5H3/t11?,13-,14+,15+,16-,17?,18+,21-,22?/m0/s1. The van der Waals surface area contributed by atoms with Gasteiger partial charge in [-0.2, -0.15) is 0 Å². The Bertz CT molecular complexity index is 689. The Morgan fingerprint density at radius 3 is 2.54 bits per heavy atom. The Kier molecular flexibility index (Phi) is 4.54. The van der Waals surface area contributed by atoms with Crippen LogP contribution in [0.2, 0.25) is 0 Å². The van der Waals surface area contributed by atoms with Crippen molar-refractivity contribution in [3.8, 4) is 0 Å². The summed E-state index contributed by atoms with van der Waals surface area (Å²) in [5, 5.41) is 22.9. The van der Waals surface area contributed by atoms with Gasteiger partial charge in [-0.1, -0.05) is 20.8 Å². The van der Waals surface area contributed by atoms with Crippen LogP contribution in [0.25, 0.3) is 0 Å². The lowest BCUT2D eigenvalue weighted by molar-refractivity contribution is -0.261. The fraction of sp³-hybridized carbons (Fsp3) is 0.909. The van der Waals surface area contributed by atoms with E-state index in [4.69, 9.17) is 9.47 Å². The molecule has 4 rings (SSSR count). The number of carbonyl (C=O) groups excluding carboxylic acids is 2. The van der Waals surface area contributed by atoms with Gasteiger partial charge in [0.1, 0.15) is 0 Å². The molecule has 2 N–H and O–H groups in total. The number of ketones is 1. The molecule has 1 saturated heterocycles. The summed E-state index contributed by atoms with van der Waals surface area (Å²) in [5.41, 5.74) is -2.62. The number of ether oxygens (including phenoxy) is 2. The number of hydrogen-bond acceptors (Lipinski definition) is 6. The lowest BCUT2D eigenvalue weighted by Crippen LogP contribution is -2.70. The highest BCUT2D eigenvalue weighted by molar-refractivity contribution is 5.92. The highest BCUT2D eigenvalue weighted by Gasteiger charge is 2.68. The average Bonchev–Trinajstić information content (AvgIpc) is 2.57. The molecule has 28 heavy (non-hydrogen) atoms. The number of fused-ring (bicyclic) bond motifs is 5. The predicted octanol–water partition coefficient (Wildman–Crippen LogP) is 2.10. The molecule has 9 atom stereocenters. The van der Waals surface area contributed by atoms with E-state index in [1.807, 2.05) is 20.8 Å². The monoisotopic (exact) mass is 394 g/mol. The van der Waals surface area contributed by atoms with Crippen molar-refractivity contribution in [1.82, 2.24) is 0 Å². The first-order valence-electron chi connectivity index (χ1n) is 10.7. The summed E-state index contributed by atoms with van der Waals surface area (Å²) in [6.45, 7) is 9.79. The highest BCUT2D eigenvalue weighted by Crippen LogP contribution is 2.62. The van der Waals surface area contributed by atoms with Gasteiger partial charge in [0.15, 0.2) is 11.9 Å². The van der Waals surface area contributed by atoms with Crippen LogP contribution in [0.4, 0.5) is 0 Å². The lowest BCUT2D eigenvalue weighted by atomic mass is 9.44. The van der Waals surface area contributed by atoms with Crippen LogP contribution in [-0.2, 0) is 19.1 Å². The number of hydrogen-bond donors (Lipinski definition) is 2. The zero-order chi connectivity index (χ0) is 20.6. The fourth-order valence-corrected chi connectivity index (χ4v) is 7.00. The van der Waals surface area contributed by atoms with E-state index in [0.29, 0.717) is 25.9 Å². The molecule has 0 spiro atoms. The molecule has 2 bridgehead atoms. The molecule has 1 heterocycles. The zero-order valence-electron chi connectivity index (χ0n) is 17.6. The first-order valence-corrected chi connectivity index (χ1v) is 10.7. The number of esters is 1. The summed E-state index contributed by atoms with van der Waals surface area (Å²) in [6, 6.07) is 0. The second kappa shape index (κ2) is 6.26. The molecule has 3 saturated carbocycles. The van der Waals surface area contributed by atoms with E-state index in [-0.39, 0.29) is 35.6 Å². The van der Waals surface area contributed by atoms with Crippen LogP contribution in [0.15, 0.2) is 0 Å². The van der Waals surface area contributed by atoms with Gasteiger partial charge in [-0.05, 0) is 38.0 Å². The summed E-state index contributed by atoms with van der Waals surface area (Å²) in [5.74, 6) is -0.886. The molecule has 0 radical (unpaired) electrons. The molecule has 4 fully saturated rings. The van der Waals surface area contributed by atoms with Crippen LogP contribution in [0.5, 0.6) is 0 Å². The third kappa shape index (κ3) is 2.50. The summed E-state index contributed by atoms with van der Waals surface area (Å²) in [7, 11) is 0. The lowest BCUT2D eigenvalue weighted by Gasteiger charge is -2.64. The molecule has 6 heteroatoms. The predicted molar refractivity (Wildman–Crippen MR) is 101 cm³/mol. The van der Waals surface area contributed by atoms with Crippen molar-refractivity contribution in [3.05, 3.63) is 0 Å². The normalized spacial score (nSPS) is 52.4. The smallest absolute Gasteiger partial charge is 0.303 e. The molecule has 158 valence electrons. The average molecular weight is 395 g/mol. The van der Waals surface area contributed by atoms with Gasteiger partial charge in [0, 0.05) is 30.6 Å². The van der Waals surface area contributed by atoms with Crippen molar-refractivity contribution < 1.29 is 29.3 Å². The largest absolute Gasteiger partial charge is 0.454 e. The summed E-state index contributed by atoms with van der Waals surface area (Å²) in [6.07, 6.45) is 0.446. The van der Waals surface area contributed by atoms with E-state index in [1.165, 1.54) is 6.92 Å².